The summed E-state index contributed by atoms with van der Waals surface area (Å²) in [6.07, 6.45) is -0.750. The molecule has 15 heavy (non-hydrogen) atoms. The van der Waals surface area contributed by atoms with Crippen molar-refractivity contribution in [3.05, 3.63) is 0 Å². The largest absolute Gasteiger partial charge is 0.394 e. The molecule has 3 atom stereocenters. The van der Waals surface area contributed by atoms with Crippen molar-refractivity contribution in [2.75, 3.05) is 20.2 Å². The van der Waals surface area contributed by atoms with Crippen LogP contribution in [-0.2, 0) is 0 Å². The molecule has 0 heterocycles. The maximum atomic E-state index is 9.93. The molecule has 0 aliphatic carbocycles. The van der Waals surface area contributed by atoms with Crippen molar-refractivity contribution in [2.45, 2.75) is 44.0 Å². The van der Waals surface area contributed by atoms with Gasteiger partial charge < -0.3 is 25.7 Å². The minimum absolute atomic E-state index is 0.0173. The van der Waals surface area contributed by atoms with E-state index in [0.717, 1.165) is 0 Å². The molecule has 0 rings (SSSR count). The Morgan fingerprint density at radius 3 is 2.20 bits per heavy atom. The van der Waals surface area contributed by atoms with E-state index < -0.39 is 23.9 Å². The van der Waals surface area contributed by atoms with Crippen LogP contribution in [0.15, 0.2) is 0 Å². The smallest absolute Gasteiger partial charge is 0.105 e. The standard InChI is InChI=1S/C10H23NO4/c1-9(14,4-5-11-3)7-10(2,15)8(13)6-12/h8,11-15H,4-7H2,1-3H3. The zero-order chi connectivity index (χ0) is 12.1. The second-order valence-electron chi connectivity index (χ2n) is 4.58. The summed E-state index contributed by atoms with van der Waals surface area (Å²) >= 11 is 0. The molecule has 0 saturated carbocycles. The predicted octanol–water partition coefficient (Wildman–Crippen LogP) is -1.16. The molecule has 5 N–H and O–H groups in total. The number of hydrogen-bond acceptors (Lipinski definition) is 5. The van der Waals surface area contributed by atoms with Gasteiger partial charge in [-0.2, -0.15) is 0 Å². The number of aliphatic hydroxyl groups excluding tert-OH is 2. The minimum Gasteiger partial charge on any atom is -0.394 e. The first kappa shape index (κ1) is 14.8. The first-order valence-corrected chi connectivity index (χ1v) is 5.13. The molecule has 0 aromatic rings. The predicted molar refractivity (Wildman–Crippen MR) is 57.5 cm³/mol. The average Bonchev–Trinajstić information content (AvgIpc) is 2.11. The second-order valence-corrected chi connectivity index (χ2v) is 4.58. The Balaban J connectivity index is 4.29. The Hall–Kier alpha value is -0.200. The number of rotatable bonds is 7. The molecule has 0 spiro atoms. The van der Waals surface area contributed by atoms with Gasteiger partial charge in [-0.25, -0.2) is 0 Å². The fraction of sp³-hybridized carbons (Fsp3) is 1.00. The molecule has 0 aromatic carbocycles. The maximum absolute atomic E-state index is 9.93. The molecule has 5 nitrogen and oxygen atoms in total. The van der Waals surface area contributed by atoms with Gasteiger partial charge in [-0.15, -0.1) is 0 Å². The monoisotopic (exact) mass is 221 g/mol. The van der Waals surface area contributed by atoms with Crippen LogP contribution in [0.25, 0.3) is 0 Å². The SMILES string of the molecule is CNCCC(C)(O)CC(C)(O)C(O)CO. The van der Waals surface area contributed by atoms with Gasteiger partial charge in [0.2, 0.25) is 0 Å². The molecular weight excluding hydrogens is 198 g/mol. The summed E-state index contributed by atoms with van der Waals surface area (Å²) < 4.78 is 0. The van der Waals surface area contributed by atoms with Crippen molar-refractivity contribution in [3.63, 3.8) is 0 Å². The van der Waals surface area contributed by atoms with Gasteiger partial charge in [0.1, 0.15) is 6.10 Å². The van der Waals surface area contributed by atoms with E-state index in [1.54, 1.807) is 14.0 Å². The van der Waals surface area contributed by atoms with Crippen molar-refractivity contribution in [3.8, 4) is 0 Å². The van der Waals surface area contributed by atoms with Gasteiger partial charge in [0.15, 0.2) is 0 Å². The van der Waals surface area contributed by atoms with Crippen LogP contribution >= 0.6 is 0 Å². The first-order chi connectivity index (χ1) is 6.75. The summed E-state index contributed by atoms with van der Waals surface area (Å²) in [5.41, 5.74) is -2.55. The summed E-state index contributed by atoms with van der Waals surface area (Å²) in [6.45, 7) is 3.11. The molecule has 3 unspecified atom stereocenters. The number of aliphatic hydroxyl groups is 4. The van der Waals surface area contributed by atoms with Crippen LogP contribution in [-0.4, -0.2) is 57.9 Å². The molecule has 0 aromatic heterocycles. The Morgan fingerprint density at radius 1 is 1.27 bits per heavy atom. The van der Waals surface area contributed by atoms with Gasteiger partial charge in [-0.1, -0.05) is 0 Å². The lowest BCUT2D eigenvalue weighted by Gasteiger charge is -2.35. The van der Waals surface area contributed by atoms with Crippen LogP contribution in [0.5, 0.6) is 0 Å². The molecule has 0 bridgehead atoms. The lowest BCUT2D eigenvalue weighted by atomic mass is 9.84. The van der Waals surface area contributed by atoms with E-state index in [1.807, 2.05) is 0 Å². The van der Waals surface area contributed by atoms with E-state index in [9.17, 15) is 15.3 Å². The van der Waals surface area contributed by atoms with Crippen molar-refractivity contribution >= 4 is 0 Å². The highest BCUT2D eigenvalue weighted by molar-refractivity contribution is 4.89. The van der Waals surface area contributed by atoms with Crippen LogP contribution in [0.1, 0.15) is 26.7 Å². The van der Waals surface area contributed by atoms with E-state index in [0.29, 0.717) is 13.0 Å². The van der Waals surface area contributed by atoms with Crippen molar-refractivity contribution < 1.29 is 20.4 Å². The summed E-state index contributed by atoms with van der Waals surface area (Å²) in [7, 11) is 1.77. The maximum Gasteiger partial charge on any atom is 0.105 e. The van der Waals surface area contributed by atoms with E-state index in [1.165, 1.54) is 6.92 Å². The van der Waals surface area contributed by atoms with E-state index in [4.69, 9.17) is 5.11 Å². The quantitative estimate of drug-likeness (QED) is 0.374. The molecule has 0 aliphatic heterocycles. The van der Waals surface area contributed by atoms with Crippen molar-refractivity contribution in [1.82, 2.24) is 5.32 Å². The van der Waals surface area contributed by atoms with Crippen LogP contribution < -0.4 is 5.32 Å². The van der Waals surface area contributed by atoms with E-state index >= 15 is 0 Å². The van der Waals surface area contributed by atoms with Gasteiger partial charge in [0, 0.05) is 6.42 Å². The van der Waals surface area contributed by atoms with E-state index in [2.05, 4.69) is 5.32 Å². The zero-order valence-electron chi connectivity index (χ0n) is 9.69. The zero-order valence-corrected chi connectivity index (χ0v) is 9.69. The topological polar surface area (TPSA) is 93.0 Å². The van der Waals surface area contributed by atoms with Gasteiger partial charge in [0.05, 0.1) is 17.8 Å². The molecule has 0 radical (unpaired) electrons. The Bertz CT molecular complexity index is 182. The molecular formula is C10H23NO4. The lowest BCUT2D eigenvalue weighted by molar-refractivity contribution is -0.124. The minimum atomic E-state index is -1.48. The van der Waals surface area contributed by atoms with Gasteiger partial charge in [-0.3, -0.25) is 0 Å². The van der Waals surface area contributed by atoms with Crippen LogP contribution in [0, 0.1) is 0 Å². The van der Waals surface area contributed by atoms with Crippen molar-refractivity contribution in [1.29, 1.82) is 0 Å². The molecule has 0 aliphatic rings. The highest BCUT2D eigenvalue weighted by Crippen LogP contribution is 2.25. The van der Waals surface area contributed by atoms with Crippen LogP contribution in [0.2, 0.25) is 0 Å². The lowest BCUT2D eigenvalue weighted by Crippen LogP contribution is -2.48. The molecule has 0 amide bonds. The normalized spacial score (nSPS) is 21.8. The third-order valence-corrected chi connectivity index (χ3v) is 2.54. The Kier molecular flexibility index (Phi) is 5.69. The summed E-state index contributed by atoms with van der Waals surface area (Å²) in [6, 6.07) is 0. The third kappa shape index (κ3) is 5.44. The molecule has 5 heteroatoms. The van der Waals surface area contributed by atoms with Crippen molar-refractivity contribution in [2.24, 2.45) is 0 Å². The molecule has 0 saturated heterocycles. The second kappa shape index (κ2) is 5.77. The highest BCUT2D eigenvalue weighted by Gasteiger charge is 2.37. The van der Waals surface area contributed by atoms with Crippen LogP contribution in [0.4, 0.5) is 0 Å². The summed E-state index contributed by atoms with van der Waals surface area (Å²) in [5.74, 6) is 0. The molecule has 0 fully saturated rings. The van der Waals surface area contributed by atoms with Gasteiger partial charge >= 0.3 is 0 Å². The first-order valence-electron chi connectivity index (χ1n) is 5.13. The number of nitrogens with one attached hydrogen (secondary N) is 1. The average molecular weight is 221 g/mol. The fourth-order valence-corrected chi connectivity index (χ4v) is 1.57. The van der Waals surface area contributed by atoms with Crippen LogP contribution in [0.3, 0.4) is 0 Å². The number of hydrogen-bond donors (Lipinski definition) is 5. The van der Waals surface area contributed by atoms with Gasteiger partial charge in [0.25, 0.3) is 0 Å². The Morgan fingerprint density at radius 2 is 1.80 bits per heavy atom. The summed E-state index contributed by atoms with van der Waals surface area (Å²) in [4.78, 5) is 0. The molecule has 92 valence electrons. The van der Waals surface area contributed by atoms with Gasteiger partial charge in [-0.05, 0) is 33.9 Å². The van der Waals surface area contributed by atoms with E-state index in [-0.39, 0.29) is 6.42 Å². The summed E-state index contributed by atoms with van der Waals surface area (Å²) in [5, 5.41) is 40.7. The Labute approximate surface area is 90.8 Å². The fourth-order valence-electron chi connectivity index (χ4n) is 1.57. The third-order valence-electron chi connectivity index (χ3n) is 2.54. The highest BCUT2D eigenvalue weighted by atomic mass is 16.4.